The van der Waals surface area contributed by atoms with Crippen LogP contribution in [-0.2, 0) is 4.79 Å². The molecule has 1 fully saturated rings. The number of para-hydroxylation sites is 3. The molecule has 0 N–H and O–H groups in total. The summed E-state index contributed by atoms with van der Waals surface area (Å²) in [6.45, 7) is 3.13. The van der Waals surface area contributed by atoms with Crippen LogP contribution in [-0.4, -0.2) is 50.7 Å². The number of hydrogen-bond donors (Lipinski definition) is 0. The Morgan fingerprint density at radius 1 is 0.917 bits per heavy atom. The van der Waals surface area contributed by atoms with Gasteiger partial charge in [0.25, 0.3) is 5.91 Å². The molecule has 126 valence electrons. The lowest BCUT2D eigenvalue weighted by molar-refractivity contribution is -0.133. The Bertz CT molecular complexity index is 667. The van der Waals surface area contributed by atoms with Crippen molar-refractivity contribution >= 4 is 11.6 Å². The lowest BCUT2D eigenvalue weighted by Crippen LogP contribution is -2.50. The third-order valence-electron chi connectivity index (χ3n) is 4.17. The van der Waals surface area contributed by atoms with Crippen molar-refractivity contribution < 1.29 is 14.3 Å². The number of piperazine rings is 1. The molecule has 0 aliphatic carbocycles. The van der Waals surface area contributed by atoms with E-state index < -0.39 is 0 Å². The molecule has 1 aliphatic heterocycles. The van der Waals surface area contributed by atoms with Crippen LogP contribution in [0.3, 0.4) is 0 Å². The Labute approximate surface area is 142 Å². The molecule has 1 saturated heterocycles. The van der Waals surface area contributed by atoms with Crippen molar-refractivity contribution in [3.63, 3.8) is 0 Å². The van der Waals surface area contributed by atoms with Gasteiger partial charge in [-0.2, -0.15) is 0 Å². The number of amides is 1. The summed E-state index contributed by atoms with van der Waals surface area (Å²) >= 11 is 0. The highest BCUT2D eigenvalue weighted by atomic mass is 16.5. The van der Waals surface area contributed by atoms with E-state index in [1.54, 1.807) is 13.2 Å². The number of carbonyl (C=O) groups is 1. The first-order valence-corrected chi connectivity index (χ1v) is 8.11. The molecule has 24 heavy (non-hydrogen) atoms. The zero-order chi connectivity index (χ0) is 16.8. The summed E-state index contributed by atoms with van der Waals surface area (Å²) in [7, 11) is 1.59. The highest BCUT2D eigenvalue weighted by Gasteiger charge is 2.21. The van der Waals surface area contributed by atoms with Gasteiger partial charge in [-0.25, -0.2) is 0 Å². The van der Waals surface area contributed by atoms with Gasteiger partial charge in [-0.3, -0.25) is 4.79 Å². The van der Waals surface area contributed by atoms with E-state index in [0.717, 1.165) is 13.1 Å². The van der Waals surface area contributed by atoms with E-state index in [-0.39, 0.29) is 12.5 Å². The van der Waals surface area contributed by atoms with Crippen molar-refractivity contribution in [1.29, 1.82) is 0 Å². The molecule has 0 saturated carbocycles. The summed E-state index contributed by atoms with van der Waals surface area (Å²) in [6.07, 6.45) is 0. The largest absolute Gasteiger partial charge is 0.493 e. The minimum absolute atomic E-state index is 0.00798. The Morgan fingerprint density at radius 2 is 1.54 bits per heavy atom. The fourth-order valence-electron chi connectivity index (χ4n) is 2.82. The van der Waals surface area contributed by atoms with Crippen LogP contribution in [0.25, 0.3) is 0 Å². The highest BCUT2D eigenvalue weighted by molar-refractivity contribution is 5.78. The normalized spacial score (nSPS) is 14.4. The predicted octanol–water partition coefficient (Wildman–Crippen LogP) is 2.42. The number of nitrogens with zero attached hydrogens (tertiary/aromatic N) is 2. The number of methoxy groups -OCH3 is 1. The van der Waals surface area contributed by atoms with Crippen LogP contribution in [0.5, 0.6) is 11.5 Å². The van der Waals surface area contributed by atoms with E-state index in [0.29, 0.717) is 24.6 Å². The summed E-state index contributed by atoms with van der Waals surface area (Å²) in [4.78, 5) is 16.5. The van der Waals surface area contributed by atoms with E-state index in [4.69, 9.17) is 9.47 Å². The molecular formula is C19H22N2O3. The highest BCUT2D eigenvalue weighted by Crippen LogP contribution is 2.25. The standard InChI is InChI=1S/C19H22N2O3/c1-23-17-9-5-6-10-18(17)24-15-19(22)21-13-11-20(12-14-21)16-7-3-2-4-8-16/h2-10H,11-15H2,1H3. The Kier molecular flexibility index (Phi) is 5.21. The van der Waals surface area contributed by atoms with Crippen molar-refractivity contribution in [2.75, 3.05) is 44.8 Å². The summed E-state index contributed by atoms with van der Waals surface area (Å²) in [5.74, 6) is 1.24. The molecule has 5 heteroatoms. The number of anilines is 1. The molecule has 0 radical (unpaired) electrons. The molecule has 0 bridgehead atoms. The second-order valence-electron chi connectivity index (χ2n) is 5.64. The van der Waals surface area contributed by atoms with Gasteiger partial charge in [0, 0.05) is 31.9 Å². The van der Waals surface area contributed by atoms with Crippen LogP contribution < -0.4 is 14.4 Å². The zero-order valence-corrected chi connectivity index (χ0v) is 13.9. The monoisotopic (exact) mass is 326 g/mol. The van der Waals surface area contributed by atoms with Crippen LogP contribution in [0.1, 0.15) is 0 Å². The van der Waals surface area contributed by atoms with Gasteiger partial charge in [0.2, 0.25) is 0 Å². The number of benzene rings is 2. The maximum Gasteiger partial charge on any atom is 0.260 e. The molecule has 2 aromatic rings. The van der Waals surface area contributed by atoms with Gasteiger partial charge in [0.05, 0.1) is 7.11 Å². The molecule has 2 aromatic carbocycles. The van der Waals surface area contributed by atoms with Crippen LogP contribution in [0, 0.1) is 0 Å². The topological polar surface area (TPSA) is 42.0 Å². The third kappa shape index (κ3) is 3.79. The molecular weight excluding hydrogens is 304 g/mol. The maximum absolute atomic E-state index is 12.4. The molecule has 0 spiro atoms. The first-order valence-electron chi connectivity index (χ1n) is 8.11. The number of rotatable bonds is 5. The third-order valence-corrected chi connectivity index (χ3v) is 4.17. The average Bonchev–Trinajstić information content (AvgIpc) is 2.67. The Hall–Kier alpha value is -2.69. The quantitative estimate of drug-likeness (QED) is 0.846. The SMILES string of the molecule is COc1ccccc1OCC(=O)N1CCN(c2ccccc2)CC1. The molecule has 0 aromatic heterocycles. The van der Waals surface area contributed by atoms with E-state index >= 15 is 0 Å². The number of carbonyl (C=O) groups excluding carboxylic acids is 1. The van der Waals surface area contributed by atoms with Crippen molar-refractivity contribution in [2.45, 2.75) is 0 Å². The van der Waals surface area contributed by atoms with Gasteiger partial charge in [-0.15, -0.1) is 0 Å². The minimum Gasteiger partial charge on any atom is -0.493 e. The van der Waals surface area contributed by atoms with Crippen LogP contribution in [0.2, 0.25) is 0 Å². The van der Waals surface area contributed by atoms with E-state index in [1.165, 1.54) is 5.69 Å². The first-order chi connectivity index (χ1) is 11.8. The number of hydrogen-bond acceptors (Lipinski definition) is 4. The van der Waals surface area contributed by atoms with Gasteiger partial charge in [0.15, 0.2) is 18.1 Å². The second-order valence-corrected chi connectivity index (χ2v) is 5.64. The van der Waals surface area contributed by atoms with Gasteiger partial charge in [0.1, 0.15) is 0 Å². The summed E-state index contributed by atoms with van der Waals surface area (Å²) in [5, 5.41) is 0. The molecule has 1 amide bonds. The van der Waals surface area contributed by atoms with Crippen LogP contribution in [0.15, 0.2) is 54.6 Å². The van der Waals surface area contributed by atoms with E-state index in [9.17, 15) is 4.79 Å². The Balaban J connectivity index is 1.50. The first kappa shape index (κ1) is 16.2. The van der Waals surface area contributed by atoms with Gasteiger partial charge >= 0.3 is 0 Å². The number of ether oxygens (including phenoxy) is 2. The lowest BCUT2D eigenvalue weighted by Gasteiger charge is -2.36. The summed E-state index contributed by atoms with van der Waals surface area (Å²) in [6, 6.07) is 17.6. The minimum atomic E-state index is 0.00798. The Morgan fingerprint density at radius 3 is 2.21 bits per heavy atom. The second kappa shape index (κ2) is 7.73. The average molecular weight is 326 g/mol. The molecule has 1 aliphatic rings. The van der Waals surface area contributed by atoms with Crippen LogP contribution >= 0.6 is 0 Å². The smallest absolute Gasteiger partial charge is 0.260 e. The molecule has 3 rings (SSSR count). The van der Waals surface area contributed by atoms with Gasteiger partial charge in [-0.05, 0) is 24.3 Å². The maximum atomic E-state index is 12.4. The molecule has 5 nitrogen and oxygen atoms in total. The van der Waals surface area contributed by atoms with E-state index in [2.05, 4.69) is 17.0 Å². The predicted molar refractivity (Wildman–Crippen MR) is 93.7 cm³/mol. The van der Waals surface area contributed by atoms with Gasteiger partial charge < -0.3 is 19.3 Å². The molecule has 1 heterocycles. The molecule has 0 unspecified atom stereocenters. The van der Waals surface area contributed by atoms with Crippen molar-refractivity contribution in [3.8, 4) is 11.5 Å². The van der Waals surface area contributed by atoms with Gasteiger partial charge in [-0.1, -0.05) is 30.3 Å². The summed E-state index contributed by atoms with van der Waals surface area (Å²) in [5.41, 5.74) is 1.20. The molecule has 0 atom stereocenters. The van der Waals surface area contributed by atoms with Crippen LogP contribution in [0.4, 0.5) is 5.69 Å². The fourth-order valence-corrected chi connectivity index (χ4v) is 2.82. The van der Waals surface area contributed by atoms with E-state index in [1.807, 2.05) is 41.3 Å². The van der Waals surface area contributed by atoms with Crippen molar-refractivity contribution in [1.82, 2.24) is 4.90 Å². The van der Waals surface area contributed by atoms with Crippen molar-refractivity contribution in [3.05, 3.63) is 54.6 Å². The fraction of sp³-hybridized carbons (Fsp3) is 0.316. The summed E-state index contributed by atoms with van der Waals surface area (Å²) < 4.78 is 10.9. The lowest BCUT2D eigenvalue weighted by atomic mass is 10.2. The van der Waals surface area contributed by atoms with Crippen molar-refractivity contribution in [2.24, 2.45) is 0 Å². The zero-order valence-electron chi connectivity index (χ0n) is 13.9.